The maximum absolute atomic E-state index is 15.2. The first-order valence-corrected chi connectivity index (χ1v) is 10.2. The summed E-state index contributed by atoms with van der Waals surface area (Å²) in [5, 5.41) is 13.6. The number of phenolic OH excluding ortho intramolecular Hbond substituents is 1. The molecule has 5 atom stereocenters. The van der Waals surface area contributed by atoms with Crippen molar-refractivity contribution in [2.24, 2.45) is 5.92 Å². The number of nitrogens with zero attached hydrogens (tertiary/aromatic N) is 4. The van der Waals surface area contributed by atoms with E-state index in [9.17, 15) is 9.50 Å². The van der Waals surface area contributed by atoms with E-state index in [4.69, 9.17) is 0 Å². The second-order valence-corrected chi connectivity index (χ2v) is 8.62. The number of piperidine rings is 1. The van der Waals surface area contributed by atoms with Crippen LogP contribution >= 0.6 is 0 Å². The Hall–Kier alpha value is -3.13. The van der Waals surface area contributed by atoms with Crippen molar-refractivity contribution in [3.05, 3.63) is 61.6 Å². The zero-order chi connectivity index (χ0) is 21.8. The Morgan fingerprint density at radius 2 is 2.13 bits per heavy atom. The molecule has 0 amide bonds. The summed E-state index contributed by atoms with van der Waals surface area (Å²) in [6, 6.07) is 4.86. The highest BCUT2D eigenvalue weighted by molar-refractivity contribution is 5.69. The maximum Gasteiger partial charge on any atom is 0.127 e. The SMILES string of the molecule is C=C(c1cnc(-c2ccc(-n3ccnc3)cc2O)cn1)[C@@H]1C[C@@H]2N[C@@](C)(C[C@@H]2F)[C@H]1F. The minimum absolute atomic E-state index is 0.0627. The van der Waals surface area contributed by atoms with Crippen LogP contribution in [0.1, 0.15) is 25.5 Å². The lowest BCUT2D eigenvalue weighted by molar-refractivity contribution is 0.102. The Morgan fingerprint density at radius 3 is 2.81 bits per heavy atom. The molecule has 2 aromatic heterocycles. The number of hydrogen-bond acceptors (Lipinski definition) is 5. The fourth-order valence-corrected chi connectivity index (χ4v) is 4.81. The molecule has 0 radical (unpaired) electrons. The first-order valence-electron chi connectivity index (χ1n) is 10.2. The molecule has 2 fully saturated rings. The van der Waals surface area contributed by atoms with Crippen LogP contribution in [-0.2, 0) is 0 Å². The second kappa shape index (κ2) is 7.23. The zero-order valence-electron chi connectivity index (χ0n) is 17.0. The molecule has 5 rings (SSSR count). The summed E-state index contributed by atoms with van der Waals surface area (Å²) in [6.07, 6.45) is 6.36. The lowest BCUT2D eigenvalue weighted by atomic mass is 9.78. The summed E-state index contributed by atoms with van der Waals surface area (Å²) in [7, 11) is 0. The van der Waals surface area contributed by atoms with Gasteiger partial charge < -0.3 is 15.0 Å². The molecule has 2 saturated heterocycles. The highest BCUT2D eigenvalue weighted by atomic mass is 19.1. The fourth-order valence-electron chi connectivity index (χ4n) is 4.81. The molecule has 8 heteroatoms. The molecule has 2 aliphatic rings. The molecule has 4 heterocycles. The lowest BCUT2D eigenvalue weighted by Gasteiger charge is -2.40. The molecule has 2 bridgehead atoms. The molecule has 0 spiro atoms. The Kier molecular flexibility index (Phi) is 4.62. The molecular formula is C23H23F2N5O. The van der Waals surface area contributed by atoms with Crippen molar-refractivity contribution in [1.82, 2.24) is 24.8 Å². The van der Waals surface area contributed by atoms with Gasteiger partial charge in [0.1, 0.15) is 18.1 Å². The van der Waals surface area contributed by atoms with Crippen LogP contribution in [0.3, 0.4) is 0 Å². The second-order valence-electron chi connectivity index (χ2n) is 8.62. The van der Waals surface area contributed by atoms with Crippen LogP contribution in [0.2, 0.25) is 0 Å². The Morgan fingerprint density at radius 1 is 1.29 bits per heavy atom. The fraction of sp³-hybridized carbons (Fsp3) is 0.348. The Balaban J connectivity index is 1.37. The number of hydrogen-bond donors (Lipinski definition) is 2. The van der Waals surface area contributed by atoms with Crippen LogP contribution in [-0.4, -0.2) is 48.5 Å². The first-order chi connectivity index (χ1) is 14.9. The minimum atomic E-state index is -1.25. The molecular weight excluding hydrogens is 400 g/mol. The number of nitrogens with one attached hydrogen (secondary N) is 1. The van der Waals surface area contributed by atoms with E-state index in [1.807, 2.05) is 6.07 Å². The summed E-state index contributed by atoms with van der Waals surface area (Å²) < 4.78 is 31.2. The smallest absolute Gasteiger partial charge is 0.127 e. The Bertz CT molecular complexity index is 1110. The minimum Gasteiger partial charge on any atom is -0.507 e. The molecule has 0 aliphatic carbocycles. The van der Waals surface area contributed by atoms with Gasteiger partial charge in [0.15, 0.2) is 0 Å². The molecule has 2 aliphatic heterocycles. The van der Waals surface area contributed by atoms with Gasteiger partial charge in [-0.15, -0.1) is 0 Å². The topological polar surface area (TPSA) is 75.9 Å². The predicted molar refractivity (Wildman–Crippen MR) is 113 cm³/mol. The van der Waals surface area contributed by atoms with E-state index in [0.717, 1.165) is 5.69 Å². The van der Waals surface area contributed by atoms with Gasteiger partial charge in [-0.05, 0) is 31.1 Å². The zero-order valence-corrected chi connectivity index (χ0v) is 17.0. The van der Waals surface area contributed by atoms with Gasteiger partial charge in [-0.3, -0.25) is 9.97 Å². The largest absolute Gasteiger partial charge is 0.507 e. The van der Waals surface area contributed by atoms with Gasteiger partial charge in [0.2, 0.25) is 0 Å². The van der Waals surface area contributed by atoms with Crippen LogP contribution in [0.4, 0.5) is 8.78 Å². The highest BCUT2D eigenvalue weighted by Crippen LogP contribution is 2.46. The number of phenols is 1. The molecule has 1 aromatic carbocycles. The average Bonchev–Trinajstić information content (AvgIpc) is 3.38. The van der Waals surface area contributed by atoms with Crippen LogP contribution < -0.4 is 5.32 Å². The van der Waals surface area contributed by atoms with Gasteiger partial charge >= 0.3 is 0 Å². The van der Waals surface area contributed by atoms with Gasteiger partial charge in [-0.25, -0.2) is 13.8 Å². The molecule has 2 N–H and O–H groups in total. The van der Waals surface area contributed by atoms with E-state index in [-0.39, 0.29) is 18.2 Å². The number of aromatic nitrogens is 4. The van der Waals surface area contributed by atoms with Crippen molar-refractivity contribution < 1.29 is 13.9 Å². The quantitative estimate of drug-likeness (QED) is 0.666. The number of allylic oxidation sites excluding steroid dienone is 1. The third kappa shape index (κ3) is 3.31. The average molecular weight is 423 g/mol. The van der Waals surface area contributed by atoms with Gasteiger partial charge in [-0.1, -0.05) is 6.58 Å². The van der Waals surface area contributed by atoms with Gasteiger partial charge in [0, 0.05) is 42.4 Å². The van der Waals surface area contributed by atoms with Crippen LogP contribution in [0.25, 0.3) is 22.5 Å². The summed E-state index contributed by atoms with van der Waals surface area (Å²) in [5.41, 5.74) is 1.91. The van der Waals surface area contributed by atoms with Gasteiger partial charge in [0.05, 0.1) is 41.3 Å². The third-order valence-corrected chi connectivity index (χ3v) is 6.53. The van der Waals surface area contributed by atoms with Gasteiger partial charge in [0.25, 0.3) is 0 Å². The van der Waals surface area contributed by atoms with Crippen molar-refractivity contribution in [1.29, 1.82) is 0 Å². The van der Waals surface area contributed by atoms with Crippen LogP contribution in [0, 0.1) is 5.92 Å². The molecule has 160 valence electrons. The van der Waals surface area contributed by atoms with E-state index in [2.05, 4.69) is 26.8 Å². The normalized spacial score (nSPS) is 29.8. The number of rotatable bonds is 4. The van der Waals surface area contributed by atoms with E-state index in [0.29, 0.717) is 28.9 Å². The van der Waals surface area contributed by atoms with Crippen molar-refractivity contribution in [3.8, 4) is 22.7 Å². The molecule has 6 nitrogen and oxygen atoms in total. The van der Waals surface area contributed by atoms with E-state index >= 15 is 4.39 Å². The lowest BCUT2D eigenvalue weighted by Crippen LogP contribution is -2.56. The van der Waals surface area contributed by atoms with Crippen molar-refractivity contribution in [2.45, 2.75) is 43.7 Å². The van der Waals surface area contributed by atoms with Crippen LogP contribution in [0.15, 0.2) is 55.9 Å². The number of halogens is 2. The van der Waals surface area contributed by atoms with E-state index < -0.39 is 23.8 Å². The number of benzene rings is 1. The molecule has 0 saturated carbocycles. The van der Waals surface area contributed by atoms with Crippen molar-refractivity contribution >= 4 is 5.57 Å². The standard InChI is InChI=1S/C23H23F2N5O/c1-13(16-8-18-17(24)9-23(2,29-18)22(16)25)19-10-28-20(11-27-19)15-4-3-14(7-21(15)31)30-6-5-26-12-30/h3-7,10-12,16-18,22,29,31H,1,8-9H2,2H3/t16-,17-,18-,22-,23-/m0/s1. The summed E-state index contributed by atoms with van der Waals surface area (Å²) in [4.78, 5) is 12.8. The van der Waals surface area contributed by atoms with Crippen molar-refractivity contribution in [3.63, 3.8) is 0 Å². The predicted octanol–water partition coefficient (Wildman–Crippen LogP) is 3.86. The molecule has 3 aromatic rings. The first kappa shape index (κ1) is 19.8. The third-order valence-electron chi connectivity index (χ3n) is 6.53. The number of alkyl halides is 2. The molecule has 31 heavy (non-hydrogen) atoms. The highest BCUT2D eigenvalue weighted by Gasteiger charge is 2.55. The van der Waals surface area contributed by atoms with Crippen molar-refractivity contribution in [2.75, 3.05) is 0 Å². The van der Waals surface area contributed by atoms with Crippen LogP contribution in [0.5, 0.6) is 5.75 Å². The monoisotopic (exact) mass is 423 g/mol. The summed E-state index contributed by atoms with van der Waals surface area (Å²) >= 11 is 0. The van der Waals surface area contributed by atoms with E-state index in [1.165, 1.54) is 12.4 Å². The molecule has 0 unspecified atom stereocenters. The number of imidazole rings is 1. The summed E-state index contributed by atoms with van der Waals surface area (Å²) in [5.74, 6) is -0.451. The summed E-state index contributed by atoms with van der Waals surface area (Å²) in [6.45, 7) is 5.79. The Labute approximate surface area is 178 Å². The maximum atomic E-state index is 15.2. The number of fused-ring (bicyclic) bond motifs is 2. The van der Waals surface area contributed by atoms with E-state index in [1.54, 1.807) is 42.3 Å². The number of aromatic hydroxyl groups is 1. The van der Waals surface area contributed by atoms with Gasteiger partial charge in [-0.2, -0.15) is 0 Å².